The summed E-state index contributed by atoms with van der Waals surface area (Å²) in [7, 11) is -3.85. The first-order valence-electron chi connectivity index (χ1n) is 6.23. The molecule has 0 saturated heterocycles. The summed E-state index contributed by atoms with van der Waals surface area (Å²) in [5.41, 5.74) is 0. The number of hydrogen-bond acceptors (Lipinski definition) is 3. The molecule has 4 N–H and O–H groups in total. The van der Waals surface area contributed by atoms with E-state index in [1.54, 1.807) is 0 Å². The summed E-state index contributed by atoms with van der Waals surface area (Å²) in [6.07, 6.45) is 0.605. The van der Waals surface area contributed by atoms with Crippen LogP contribution in [-0.4, -0.2) is 24.9 Å². The van der Waals surface area contributed by atoms with E-state index in [-0.39, 0.29) is 18.3 Å². The highest BCUT2D eigenvalue weighted by Crippen LogP contribution is 2.23. The number of rotatable bonds is 10. The molecule has 0 bridgehead atoms. The van der Waals surface area contributed by atoms with E-state index in [9.17, 15) is 21.6 Å². The molecular formula is C11H24F3NO3S. The fourth-order valence-corrected chi connectivity index (χ4v) is 2.24. The van der Waals surface area contributed by atoms with Gasteiger partial charge in [0.15, 0.2) is 0 Å². The van der Waals surface area contributed by atoms with Crippen LogP contribution in [0.15, 0.2) is 0 Å². The topological polar surface area (TPSA) is 89.4 Å². The van der Waals surface area contributed by atoms with Gasteiger partial charge in [0.05, 0.1) is 5.75 Å². The van der Waals surface area contributed by atoms with E-state index < -0.39 is 22.7 Å². The van der Waals surface area contributed by atoms with E-state index in [1.807, 2.05) is 0 Å². The third kappa shape index (κ3) is 20.2. The fraction of sp³-hybridized carbons (Fsp3) is 1.00. The summed E-state index contributed by atoms with van der Waals surface area (Å²) in [5.74, 6) is -0.210. The minimum Gasteiger partial charge on any atom is -0.344 e. The zero-order valence-corrected chi connectivity index (χ0v) is 11.9. The Bertz CT molecular complexity index is 305. The van der Waals surface area contributed by atoms with Gasteiger partial charge in [0.2, 0.25) is 0 Å². The molecule has 0 amide bonds. The molecule has 0 spiro atoms. The molecule has 0 atom stereocenters. The third-order valence-electron chi connectivity index (χ3n) is 2.61. The van der Waals surface area contributed by atoms with E-state index >= 15 is 0 Å². The lowest BCUT2D eigenvalue weighted by molar-refractivity contribution is -0.135. The summed E-state index contributed by atoms with van der Waals surface area (Å²) in [6.45, 7) is 0. The summed E-state index contributed by atoms with van der Waals surface area (Å²) >= 11 is 0. The molecule has 8 heteroatoms. The highest BCUT2D eigenvalue weighted by Gasteiger charge is 2.25. The minimum absolute atomic E-state index is 0. The molecule has 0 aliphatic heterocycles. The monoisotopic (exact) mass is 307 g/mol. The minimum atomic E-state index is -4.05. The van der Waals surface area contributed by atoms with Crippen LogP contribution < -0.4 is 6.15 Å². The number of unbranched alkanes of at least 4 members (excludes halogenated alkanes) is 7. The van der Waals surface area contributed by atoms with Crippen LogP contribution >= 0.6 is 0 Å². The lowest BCUT2D eigenvalue weighted by Gasteiger charge is -2.05. The smallest absolute Gasteiger partial charge is 0.344 e. The maximum atomic E-state index is 11.8. The lowest BCUT2D eigenvalue weighted by Crippen LogP contribution is -2.06. The van der Waals surface area contributed by atoms with E-state index in [0.717, 1.165) is 32.1 Å². The lowest BCUT2D eigenvalue weighted by atomic mass is 10.1. The summed E-state index contributed by atoms with van der Waals surface area (Å²) in [5, 5.41) is 0. The third-order valence-corrected chi connectivity index (χ3v) is 3.42. The van der Waals surface area contributed by atoms with Crippen molar-refractivity contribution >= 4 is 10.1 Å². The molecule has 0 aliphatic rings. The standard InChI is InChI=1S/C11H21F3O3S.H3N/c12-11(13,14)9-7-5-3-1-2-4-6-8-10-18(15,16)17;/h1-10H2,(H,15,16,17);1H3. The summed E-state index contributed by atoms with van der Waals surface area (Å²) < 4.78 is 64.6. The van der Waals surface area contributed by atoms with Gasteiger partial charge in [-0.2, -0.15) is 21.6 Å². The molecular weight excluding hydrogens is 283 g/mol. The van der Waals surface area contributed by atoms with E-state index in [2.05, 4.69) is 0 Å². The van der Waals surface area contributed by atoms with Gasteiger partial charge in [0.25, 0.3) is 10.1 Å². The van der Waals surface area contributed by atoms with Gasteiger partial charge in [-0.3, -0.25) is 4.55 Å². The van der Waals surface area contributed by atoms with Gasteiger partial charge < -0.3 is 6.15 Å². The maximum absolute atomic E-state index is 11.8. The molecule has 19 heavy (non-hydrogen) atoms. The Balaban J connectivity index is 0. The molecule has 0 aromatic heterocycles. The Labute approximate surface area is 113 Å². The zero-order valence-electron chi connectivity index (χ0n) is 11.1. The van der Waals surface area contributed by atoms with Crippen LogP contribution in [0.3, 0.4) is 0 Å². The second kappa shape index (κ2) is 10.4. The van der Waals surface area contributed by atoms with Crippen molar-refractivity contribution in [2.45, 2.75) is 64.0 Å². The van der Waals surface area contributed by atoms with Gasteiger partial charge in [0.1, 0.15) is 0 Å². The normalized spacial score (nSPS) is 12.2. The Morgan fingerprint density at radius 2 is 1.16 bits per heavy atom. The van der Waals surface area contributed by atoms with Crippen molar-refractivity contribution in [3.05, 3.63) is 0 Å². The van der Waals surface area contributed by atoms with Crippen LogP contribution in [0, 0.1) is 0 Å². The number of halogens is 3. The van der Waals surface area contributed by atoms with Gasteiger partial charge in [-0.15, -0.1) is 0 Å². The number of alkyl halides is 3. The molecule has 118 valence electrons. The second-order valence-corrected chi connectivity index (χ2v) is 6.05. The average molecular weight is 307 g/mol. The molecule has 0 rings (SSSR count). The van der Waals surface area contributed by atoms with Crippen molar-refractivity contribution in [2.24, 2.45) is 0 Å². The highest BCUT2D eigenvalue weighted by atomic mass is 32.2. The van der Waals surface area contributed by atoms with E-state index in [4.69, 9.17) is 4.55 Å². The van der Waals surface area contributed by atoms with Gasteiger partial charge in [-0.25, -0.2) is 0 Å². The second-order valence-electron chi connectivity index (χ2n) is 4.48. The van der Waals surface area contributed by atoms with Crippen molar-refractivity contribution in [1.29, 1.82) is 0 Å². The van der Waals surface area contributed by atoms with Gasteiger partial charge in [-0.1, -0.05) is 38.5 Å². The van der Waals surface area contributed by atoms with Crippen LogP contribution in [0.25, 0.3) is 0 Å². The first kappa shape index (κ1) is 21.0. The average Bonchev–Trinajstić information content (AvgIpc) is 2.17. The van der Waals surface area contributed by atoms with Gasteiger partial charge >= 0.3 is 6.18 Å². The first-order chi connectivity index (χ1) is 8.21. The quantitative estimate of drug-likeness (QED) is 0.469. The fourth-order valence-electron chi connectivity index (χ4n) is 1.67. The van der Waals surface area contributed by atoms with Crippen molar-refractivity contribution in [2.75, 3.05) is 5.75 Å². The van der Waals surface area contributed by atoms with Gasteiger partial charge in [0, 0.05) is 6.42 Å². The predicted octanol–water partition coefficient (Wildman–Crippen LogP) is 4.11. The molecule has 0 aliphatic carbocycles. The molecule has 0 heterocycles. The Hall–Kier alpha value is -0.340. The Morgan fingerprint density at radius 1 is 0.789 bits per heavy atom. The number of hydrogen-bond donors (Lipinski definition) is 2. The van der Waals surface area contributed by atoms with Crippen molar-refractivity contribution in [3.8, 4) is 0 Å². The summed E-state index contributed by atoms with van der Waals surface area (Å²) in [4.78, 5) is 0. The summed E-state index contributed by atoms with van der Waals surface area (Å²) in [6, 6.07) is 0. The molecule has 0 unspecified atom stereocenters. The van der Waals surface area contributed by atoms with E-state index in [1.165, 1.54) is 0 Å². The first-order valence-corrected chi connectivity index (χ1v) is 7.83. The molecule has 0 fully saturated rings. The Kier molecular flexibility index (Phi) is 11.5. The molecule has 0 aromatic carbocycles. The van der Waals surface area contributed by atoms with E-state index in [0.29, 0.717) is 12.8 Å². The molecule has 4 nitrogen and oxygen atoms in total. The highest BCUT2D eigenvalue weighted by molar-refractivity contribution is 7.85. The van der Waals surface area contributed by atoms with Gasteiger partial charge in [-0.05, 0) is 12.8 Å². The molecule has 0 radical (unpaired) electrons. The van der Waals surface area contributed by atoms with Crippen LogP contribution in [0.2, 0.25) is 0 Å². The predicted molar refractivity (Wildman–Crippen MR) is 69.0 cm³/mol. The zero-order chi connectivity index (χ0) is 14.1. The van der Waals surface area contributed by atoms with Crippen LogP contribution in [0.5, 0.6) is 0 Å². The largest absolute Gasteiger partial charge is 0.389 e. The Morgan fingerprint density at radius 3 is 1.53 bits per heavy atom. The van der Waals surface area contributed by atoms with Crippen LogP contribution in [-0.2, 0) is 10.1 Å². The van der Waals surface area contributed by atoms with Crippen molar-refractivity contribution in [1.82, 2.24) is 6.15 Å². The van der Waals surface area contributed by atoms with Crippen LogP contribution in [0.4, 0.5) is 13.2 Å². The maximum Gasteiger partial charge on any atom is 0.389 e. The molecule has 0 saturated carbocycles. The molecule has 0 aromatic rings. The van der Waals surface area contributed by atoms with Crippen molar-refractivity contribution in [3.63, 3.8) is 0 Å². The van der Waals surface area contributed by atoms with Crippen molar-refractivity contribution < 1.29 is 26.1 Å². The SMILES string of the molecule is N.O=S(=O)(O)CCCCCCCCCCC(F)(F)F. The van der Waals surface area contributed by atoms with Crippen LogP contribution in [0.1, 0.15) is 57.8 Å².